The van der Waals surface area contributed by atoms with Gasteiger partial charge in [0.1, 0.15) is 11.3 Å². The smallest absolute Gasteiger partial charge is 0.245 e. The van der Waals surface area contributed by atoms with E-state index in [4.69, 9.17) is 15.7 Å². The second kappa shape index (κ2) is 10.9. The summed E-state index contributed by atoms with van der Waals surface area (Å²) in [4.78, 5) is 28.1. The van der Waals surface area contributed by atoms with Gasteiger partial charge < -0.3 is 16.0 Å². The first-order valence-corrected chi connectivity index (χ1v) is 14.5. The maximum Gasteiger partial charge on any atom is 0.245 e. The lowest BCUT2D eigenvalue weighted by molar-refractivity contribution is -0.127. The van der Waals surface area contributed by atoms with Crippen LogP contribution in [0.4, 0.5) is 5.82 Å². The van der Waals surface area contributed by atoms with Crippen molar-refractivity contribution in [1.29, 1.82) is 0 Å². The fourth-order valence-electron chi connectivity index (χ4n) is 6.26. The molecule has 10 nitrogen and oxygen atoms in total. The van der Waals surface area contributed by atoms with Gasteiger partial charge in [0, 0.05) is 43.4 Å². The molecule has 1 fully saturated rings. The van der Waals surface area contributed by atoms with Crippen LogP contribution in [0.5, 0.6) is 0 Å². The molecule has 2 aliphatic rings. The minimum Gasteiger partial charge on any atom is -0.383 e. The normalized spacial score (nSPS) is 17.0. The maximum absolute atomic E-state index is 11.9. The Bertz CT molecular complexity index is 1770. The highest BCUT2D eigenvalue weighted by Gasteiger charge is 2.27. The lowest BCUT2D eigenvalue weighted by atomic mass is 9.96. The molecule has 212 valence electrons. The van der Waals surface area contributed by atoms with Crippen molar-refractivity contribution < 1.29 is 4.79 Å². The number of aryl methyl sites for hydroxylation is 1. The van der Waals surface area contributed by atoms with Crippen molar-refractivity contribution in [3.63, 3.8) is 0 Å². The second-order valence-electron chi connectivity index (χ2n) is 11.0. The van der Waals surface area contributed by atoms with Gasteiger partial charge in [-0.15, -0.1) is 0 Å². The number of piperidine rings is 1. The number of carbonyl (C=O) groups excluding carboxylic acids is 1. The molecule has 0 spiro atoms. The zero-order chi connectivity index (χ0) is 28.6. The number of nitrogens with two attached hydrogens (primary N) is 1. The number of anilines is 1. The summed E-state index contributed by atoms with van der Waals surface area (Å²) in [6, 6.07) is 16.5. The maximum atomic E-state index is 11.9. The molecule has 7 rings (SSSR count). The van der Waals surface area contributed by atoms with Crippen LogP contribution >= 0.6 is 0 Å². The SMILES string of the molecule is C=CC(=O)N1CCC(CN[C@H]2CCc3cc(-n4c(-c5cccnc5N)nc5ccc(-n6cccn6)nc54)ccc32)CC1. The van der Waals surface area contributed by atoms with E-state index >= 15 is 0 Å². The number of pyridine rings is 2. The van der Waals surface area contributed by atoms with Gasteiger partial charge in [-0.05, 0) is 97.8 Å². The van der Waals surface area contributed by atoms with Crippen LogP contribution in [0, 0.1) is 5.92 Å². The van der Waals surface area contributed by atoms with Gasteiger partial charge in [0.25, 0.3) is 0 Å². The Morgan fingerprint density at radius 3 is 2.74 bits per heavy atom. The van der Waals surface area contributed by atoms with E-state index in [0.29, 0.717) is 29.4 Å². The molecule has 4 aromatic heterocycles. The molecule has 0 unspecified atom stereocenters. The van der Waals surface area contributed by atoms with Crippen molar-refractivity contribution in [2.24, 2.45) is 5.92 Å². The summed E-state index contributed by atoms with van der Waals surface area (Å²) in [5, 5.41) is 8.19. The van der Waals surface area contributed by atoms with Crippen molar-refractivity contribution in [3.05, 3.63) is 90.9 Å². The fourth-order valence-corrected chi connectivity index (χ4v) is 6.26. The first-order valence-electron chi connectivity index (χ1n) is 14.5. The second-order valence-corrected chi connectivity index (χ2v) is 11.0. The standard InChI is InChI=1S/C32H33N9O/c1-2-29(42)39-17-12-21(13-18-39)20-35-26-9-6-22-19-23(7-8-24(22)26)41-31(25-5-3-14-34-30(25)33)37-27-10-11-28(38-32(27)41)40-16-4-15-36-40/h2-5,7-8,10-11,14-16,19,21,26,35H,1,6,9,12-13,17-18,20H2,(H2,33,34)/t26-/m0/s1. The minimum atomic E-state index is 0.0368. The number of hydrogen-bond acceptors (Lipinski definition) is 7. The number of fused-ring (bicyclic) bond motifs is 2. The summed E-state index contributed by atoms with van der Waals surface area (Å²) in [5.41, 5.74) is 12.2. The summed E-state index contributed by atoms with van der Waals surface area (Å²) in [5.74, 6) is 2.45. The summed E-state index contributed by atoms with van der Waals surface area (Å²) >= 11 is 0. The van der Waals surface area contributed by atoms with E-state index in [0.717, 1.165) is 67.7 Å². The Hall–Kier alpha value is -4.83. The van der Waals surface area contributed by atoms with E-state index in [2.05, 4.69) is 44.7 Å². The number of likely N-dealkylation sites (tertiary alicyclic amines) is 1. The van der Waals surface area contributed by atoms with E-state index in [1.165, 1.54) is 17.2 Å². The fraction of sp³-hybridized carbons (Fsp3) is 0.281. The van der Waals surface area contributed by atoms with Crippen LogP contribution in [-0.4, -0.2) is 59.7 Å². The number of nitrogens with one attached hydrogen (secondary N) is 1. The molecule has 5 aromatic rings. The molecule has 1 aromatic carbocycles. The van der Waals surface area contributed by atoms with Crippen LogP contribution in [0.2, 0.25) is 0 Å². The van der Waals surface area contributed by atoms with Gasteiger partial charge in [-0.25, -0.2) is 19.6 Å². The van der Waals surface area contributed by atoms with Crippen molar-refractivity contribution in [1.82, 2.24) is 39.5 Å². The average Bonchev–Trinajstić information content (AvgIpc) is 3.78. The van der Waals surface area contributed by atoms with Crippen LogP contribution in [0.3, 0.4) is 0 Å². The lowest BCUT2D eigenvalue weighted by Gasteiger charge is -2.32. The molecular weight excluding hydrogens is 526 g/mol. The molecular formula is C32H33N9O. The molecule has 0 bridgehead atoms. The molecule has 1 saturated heterocycles. The Labute approximate surface area is 243 Å². The number of benzene rings is 1. The highest BCUT2D eigenvalue weighted by Crippen LogP contribution is 2.36. The Morgan fingerprint density at radius 2 is 1.95 bits per heavy atom. The van der Waals surface area contributed by atoms with Gasteiger partial charge >= 0.3 is 0 Å². The zero-order valence-corrected chi connectivity index (χ0v) is 23.4. The van der Waals surface area contributed by atoms with Gasteiger partial charge in [0.15, 0.2) is 17.3 Å². The third-order valence-corrected chi connectivity index (χ3v) is 8.52. The third kappa shape index (κ3) is 4.73. The molecule has 0 radical (unpaired) electrons. The molecule has 3 N–H and O–H groups in total. The summed E-state index contributed by atoms with van der Waals surface area (Å²) < 4.78 is 3.82. The lowest BCUT2D eigenvalue weighted by Crippen LogP contribution is -2.40. The van der Waals surface area contributed by atoms with Crippen LogP contribution in [0.15, 0.2) is 79.8 Å². The van der Waals surface area contributed by atoms with E-state index in [-0.39, 0.29) is 5.91 Å². The summed E-state index contributed by atoms with van der Waals surface area (Å²) in [7, 11) is 0. The van der Waals surface area contributed by atoms with Gasteiger partial charge in [0.05, 0.1) is 5.56 Å². The molecule has 1 aliphatic heterocycles. The predicted molar refractivity (Wildman–Crippen MR) is 162 cm³/mol. The Morgan fingerprint density at radius 1 is 1.07 bits per heavy atom. The van der Waals surface area contributed by atoms with Crippen molar-refractivity contribution in [2.45, 2.75) is 31.7 Å². The zero-order valence-electron chi connectivity index (χ0n) is 23.4. The quantitative estimate of drug-likeness (QED) is 0.286. The van der Waals surface area contributed by atoms with Crippen LogP contribution in [0.25, 0.3) is 34.1 Å². The topological polar surface area (TPSA) is 120 Å². The first-order chi connectivity index (χ1) is 20.6. The first kappa shape index (κ1) is 26.1. The highest BCUT2D eigenvalue weighted by atomic mass is 16.2. The monoisotopic (exact) mass is 559 g/mol. The summed E-state index contributed by atoms with van der Waals surface area (Å²) in [6.07, 6.45) is 10.8. The number of hydrogen-bond donors (Lipinski definition) is 2. The molecule has 1 aliphatic carbocycles. The summed E-state index contributed by atoms with van der Waals surface area (Å²) in [6.45, 7) is 6.19. The van der Waals surface area contributed by atoms with E-state index in [1.54, 1.807) is 17.1 Å². The molecule has 0 saturated carbocycles. The van der Waals surface area contributed by atoms with Crippen molar-refractivity contribution >= 4 is 22.9 Å². The van der Waals surface area contributed by atoms with E-state index in [1.807, 2.05) is 41.4 Å². The van der Waals surface area contributed by atoms with Gasteiger partial charge in [-0.2, -0.15) is 5.10 Å². The van der Waals surface area contributed by atoms with Gasteiger partial charge in [-0.1, -0.05) is 12.6 Å². The number of nitrogens with zero attached hydrogens (tertiary/aromatic N) is 7. The van der Waals surface area contributed by atoms with Crippen LogP contribution in [0.1, 0.15) is 36.4 Å². The Balaban J connectivity index is 1.19. The van der Waals surface area contributed by atoms with E-state index in [9.17, 15) is 4.79 Å². The molecule has 1 atom stereocenters. The predicted octanol–water partition coefficient (Wildman–Crippen LogP) is 4.25. The number of nitrogen functional groups attached to an aromatic ring is 1. The Kier molecular flexibility index (Phi) is 6.75. The van der Waals surface area contributed by atoms with Gasteiger partial charge in [0.2, 0.25) is 5.91 Å². The average molecular weight is 560 g/mol. The largest absolute Gasteiger partial charge is 0.383 e. The van der Waals surface area contributed by atoms with Crippen molar-refractivity contribution in [2.75, 3.05) is 25.4 Å². The number of imidazole rings is 1. The van der Waals surface area contributed by atoms with Crippen LogP contribution in [-0.2, 0) is 11.2 Å². The minimum absolute atomic E-state index is 0.0368. The highest BCUT2D eigenvalue weighted by molar-refractivity contribution is 5.87. The molecule has 1 amide bonds. The molecule has 5 heterocycles. The van der Waals surface area contributed by atoms with Crippen molar-refractivity contribution in [3.8, 4) is 22.9 Å². The third-order valence-electron chi connectivity index (χ3n) is 8.52. The van der Waals surface area contributed by atoms with Gasteiger partial charge in [-0.3, -0.25) is 9.36 Å². The number of rotatable bonds is 7. The number of carbonyl (C=O) groups is 1. The molecule has 42 heavy (non-hydrogen) atoms. The number of amides is 1. The van der Waals surface area contributed by atoms with E-state index < -0.39 is 0 Å². The number of aromatic nitrogens is 6. The molecule has 10 heteroatoms. The van der Waals surface area contributed by atoms with Crippen LogP contribution < -0.4 is 11.1 Å².